The summed E-state index contributed by atoms with van der Waals surface area (Å²) >= 11 is 0. The number of nitrogen functional groups attached to an aromatic ring is 1. The quantitative estimate of drug-likeness (QED) is 0.286. The minimum Gasteiger partial charge on any atom is -0.399 e. The normalized spacial score (nSPS) is 14.7. The molecule has 0 aliphatic carbocycles. The molecule has 0 bridgehead atoms. The molecule has 0 aliphatic heterocycles. The first-order valence-electron chi connectivity index (χ1n) is 9.77. The van der Waals surface area contributed by atoms with Gasteiger partial charge in [0.05, 0.1) is 11.0 Å². The van der Waals surface area contributed by atoms with Gasteiger partial charge < -0.3 is 21.3 Å². The van der Waals surface area contributed by atoms with E-state index in [0.29, 0.717) is 5.69 Å². The summed E-state index contributed by atoms with van der Waals surface area (Å²) < 4.78 is 44.2. The molecule has 0 saturated heterocycles. The topological polar surface area (TPSA) is 156 Å². The molecule has 172 valence electrons. The number of sulfonamides is 1. The van der Waals surface area contributed by atoms with Crippen molar-refractivity contribution in [3.05, 3.63) is 60.2 Å². The number of rotatable bonds is 11. The van der Waals surface area contributed by atoms with Crippen LogP contribution in [0.5, 0.6) is 0 Å². The summed E-state index contributed by atoms with van der Waals surface area (Å²) in [7, 11) is -8.90. The van der Waals surface area contributed by atoms with Crippen molar-refractivity contribution in [2.45, 2.75) is 37.3 Å². The predicted molar refractivity (Wildman–Crippen MR) is 119 cm³/mol. The number of hydrogen-bond acceptors (Lipinski definition) is 6. The molecular weight excluding hydrogens is 441 g/mol. The lowest BCUT2D eigenvalue weighted by atomic mass is 10.0. The summed E-state index contributed by atoms with van der Waals surface area (Å²) in [5.41, 5.74) is 13.1. The highest BCUT2D eigenvalue weighted by Crippen LogP contribution is 2.39. The minimum absolute atomic E-state index is 0.0221. The fraction of sp³-hybridized carbons (Fsp3) is 0.400. The van der Waals surface area contributed by atoms with Crippen LogP contribution in [-0.4, -0.2) is 47.7 Å². The van der Waals surface area contributed by atoms with Gasteiger partial charge >= 0.3 is 7.82 Å². The van der Waals surface area contributed by atoms with Crippen molar-refractivity contribution < 1.29 is 27.3 Å². The van der Waals surface area contributed by atoms with E-state index in [-0.39, 0.29) is 30.3 Å². The maximum absolute atomic E-state index is 13.3. The van der Waals surface area contributed by atoms with Crippen LogP contribution in [0.3, 0.4) is 0 Å². The van der Waals surface area contributed by atoms with Crippen molar-refractivity contribution in [2.75, 3.05) is 18.8 Å². The fourth-order valence-electron chi connectivity index (χ4n) is 3.11. The maximum Gasteiger partial charge on any atom is 0.469 e. The van der Waals surface area contributed by atoms with Crippen LogP contribution in [0.2, 0.25) is 0 Å². The van der Waals surface area contributed by atoms with Crippen LogP contribution in [0.1, 0.15) is 19.4 Å². The number of phosphoric ester groups is 1. The molecule has 0 saturated carbocycles. The molecule has 6 N–H and O–H groups in total. The second-order valence-corrected chi connectivity index (χ2v) is 10.9. The molecule has 2 aromatic rings. The largest absolute Gasteiger partial charge is 0.469 e. The van der Waals surface area contributed by atoms with E-state index in [9.17, 15) is 22.8 Å². The van der Waals surface area contributed by atoms with Crippen molar-refractivity contribution in [1.82, 2.24) is 4.31 Å². The van der Waals surface area contributed by atoms with Gasteiger partial charge in [-0.05, 0) is 42.2 Å². The second-order valence-electron chi connectivity index (χ2n) is 7.77. The summed E-state index contributed by atoms with van der Waals surface area (Å²) in [5, 5.41) is 0. The van der Waals surface area contributed by atoms with E-state index < -0.39 is 30.0 Å². The Balaban J connectivity index is 2.35. The van der Waals surface area contributed by atoms with E-state index in [4.69, 9.17) is 16.0 Å². The molecule has 31 heavy (non-hydrogen) atoms. The van der Waals surface area contributed by atoms with E-state index >= 15 is 0 Å². The third kappa shape index (κ3) is 8.01. The summed E-state index contributed by atoms with van der Waals surface area (Å²) in [4.78, 5) is 18.8. The Morgan fingerprint density at radius 2 is 1.61 bits per heavy atom. The number of nitrogens with two attached hydrogens (primary N) is 2. The number of anilines is 1. The van der Waals surface area contributed by atoms with Crippen LogP contribution in [0, 0.1) is 5.92 Å². The maximum atomic E-state index is 13.3. The van der Waals surface area contributed by atoms with E-state index in [0.717, 1.165) is 9.87 Å². The molecule has 0 spiro atoms. The molecule has 2 atom stereocenters. The highest BCUT2D eigenvalue weighted by molar-refractivity contribution is 7.89. The highest BCUT2D eigenvalue weighted by Gasteiger charge is 2.34. The third-order valence-electron chi connectivity index (χ3n) is 4.53. The first kappa shape index (κ1) is 25.5. The minimum atomic E-state index is -4.92. The number of hydrogen-bond donors (Lipinski definition) is 4. The molecule has 2 rings (SSSR count). The Bertz CT molecular complexity index is 980. The third-order valence-corrected chi connectivity index (χ3v) is 6.93. The molecule has 0 heterocycles. The Morgan fingerprint density at radius 1 is 1.03 bits per heavy atom. The van der Waals surface area contributed by atoms with Crippen molar-refractivity contribution in [3.8, 4) is 0 Å². The van der Waals surface area contributed by atoms with Gasteiger partial charge in [0, 0.05) is 24.8 Å². The van der Waals surface area contributed by atoms with Crippen LogP contribution in [0.15, 0.2) is 59.5 Å². The van der Waals surface area contributed by atoms with Gasteiger partial charge in [0.1, 0.15) is 0 Å². The van der Waals surface area contributed by atoms with Crippen molar-refractivity contribution in [3.63, 3.8) is 0 Å². The van der Waals surface area contributed by atoms with Gasteiger partial charge in [-0.2, -0.15) is 4.31 Å². The Kier molecular flexibility index (Phi) is 8.79. The Morgan fingerprint density at radius 3 is 2.13 bits per heavy atom. The summed E-state index contributed by atoms with van der Waals surface area (Å²) in [6.07, 6.45) is -0.980. The molecular formula is C20H30N3O6PS. The van der Waals surface area contributed by atoms with Gasteiger partial charge in [-0.25, -0.2) is 13.0 Å². The molecule has 2 unspecified atom stereocenters. The first-order chi connectivity index (χ1) is 14.4. The zero-order valence-corrected chi connectivity index (χ0v) is 19.2. The molecule has 0 fully saturated rings. The number of nitrogens with zero attached hydrogens (tertiary/aromatic N) is 1. The molecule has 0 amide bonds. The SMILES string of the molecule is CC(C)CN(CC(OP(=O)(O)O)C(N)Cc1ccccc1)S(=O)(=O)c1ccc(N)cc1. The zero-order valence-electron chi connectivity index (χ0n) is 17.5. The van der Waals surface area contributed by atoms with Gasteiger partial charge in [0.25, 0.3) is 0 Å². The van der Waals surface area contributed by atoms with E-state index in [1.807, 2.05) is 44.2 Å². The molecule has 11 heteroatoms. The Labute approximate surface area is 183 Å². The highest BCUT2D eigenvalue weighted by atomic mass is 32.2. The lowest BCUT2D eigenvalue weighted by molar-refractivity contribution is 0.0948. The van der Waals surface area contributed by atoms with Crippen LogP contribution < -0.4 is 11.5 Å². The lowest BCUT2D eigenvalue weighted by Gasteiger charge is -2.31. The molecule has 2 aromatic carbocycles. The zero-order chi connectivity index (χ0) is 23.2. The van der Waals surface area contributed by atoms with Crippen molar-refractivity contribution in [2.24, 2.45) is 11.7 Å². The first-order valence-corrected chi connectivity index (χ1v) is 12.7. The molecule has 0 radical (unpaired) electrons. The van der Waals surface area contributed by atoms with Crippen molar-refractivity contribution >= 4 is 23.5 Å². The van der Waals surface area contributed by atoms with Crippen LogP contribution in [-0.2, 0) is 25.5 Å². The van der Waals surface area contributed by atoms with Gasteiger partial charge in [0.2, 0.25) is 10.0 Å². The predicted octanol–water partition coefficient (Wildman–Crippen LogP) is 1.96. The van der Waals surface area contributed by atoms with Crippen molar-refractivity contribution in [1.29, 1.82) is 0 Å². The molecule has 9 nitrogen and oxygen atoms in total. The Hall–Kier alpha value is -1.78. The molecule has 0 aromatic heterocycles. The number of benzene rings is 2. The smallest absolute Gasteiger partial charge is 0.399 e. The standard InChI is InChI=1S/C20H30N3O6PS/c1-15(2)13-23(31(27,28)18-10-8-17(21)9-11-18)14-20(29-30(24,25)26)19(22)12-16-6-4-3-5-7-16/h3-11,15,19-20H,12-14,21-22H2,1-2H3,(H2,24,25,26). The van der Waals surface area contributed by atoms with Crippen LogP contribution >= 0.6 is 7.82 Å². The van der Waals surface area contributed by atoms with Gasteiger partial charge in [-0.3, -0.25) is 4.52 Å². The molecule has 0 aliphatic rings. The van der Waals surface area contributed by atoms with Gasteiger partial charge in [0.15, 0.2) is 0 Å². The lowest BCUT2D eigenvalue weighted by Crippen LogP contribution is -2.48. The van der Waals surface area contributed by atoms with Gasteiger partial charge in [-0.1, -0.05) is 44.2 Å². The summed E-state index contributed by atoms with van der Waals surface area (Å²) in [6, 6.07) is 14.0. The average molecular weight is 472 g/mol. The number of phosphoric acid groups is 1. The van der Waals surface area contributed by atoms with Crippen LogP contribution in [0.4, 0.5) is 5.69 Å². The van der Waals surface area contributed by atoms with E-state index in [2.05, 4.69) is 0 Å². The monoisotopic (exact) mass is 471 g/mol. The van der Waals surface area contributed by atoms with Crippen LogP contribution in [0.25, 0.3) is 0 Å². The van der Waals surface area contributed by atoms with E-state index in [1.54, 1.807) is 0 Å². The summed E-state index contributed by atoms with van der Waals surface area (Å²) in [6.45, 7) is 3.48. The second kappa shape index (κ2) is 10.7. The van der Waals surface area contributed by atoms with Gasteiger partial charge in [-0.15, -0.1) is 0 Å². The van der Waals surface area contributed by atoms with E-state index in [1.165, 1.54) is 24.3 Å². The summed E-state index contributed by atoms with van der Waals surface area (Å²) in [5.74, 6) is -0.0513. The average Bonchev–Trinajstić information content (AvgIpc) is 2.66. The fourth-order valence-corrected chi connectivity index (χ4v) is 5.30.